The molecule has 3 heteroatoms. The van der Waals surface area contributed by atoms with Gasteiger partial charge >= 0.3 is 76.3 Å². The number of fused-ring (bicyclic) bond motifs is 1. The fourth-order valence-corrected chi connectivity index (χ4v) is 1.59. The van der Waals surface area contributed by atoms with Gasteiger partial charge in [0.15, 0.2) is 0 Å². The van der Waals surface area contributed by atoms with E-state index in [1.54, 1.807) is 0 Å². The molecule has 44 valence electrons. The SMILES string of the molecule is [Na][c]1nc2ccccc2[nH]1. The minimum absolute atomic E-state index is 0.996. The molecule has 1 aromatic carbocycles. The van der Waals surface area contributed by atoms with Gasteiger partial charge in [-0.05, 0) is 0 Å². The third kappa shape index (κ3) is 0.985. The number of aromatic amines is 1. The van der Waals surface area contributed by atoms with Crippen molar-refractivity contribution in [2.75, 3.05) is 0 Å². The number of rotatable bonds is 0. The van der Waals surface area contributed by atoms with E-state index in [1.807, 2.05) is 24.3 Å². The molecule has 0 saturated carbocycles. The second kappa shape index (κ2) is 2.38. The number of para-hydroxylation sites is 2. The van der Waals surface area contributed by atoms with Crippen LogP contribution in [0.2, 0.25) is 0 Å². The van der Waals surface area contributed by atoms with Crippen LogP contribution in [0.3, 0.4) is 0 Å². The summed E-state index contributed by atoms with van der Waals surface area (Å²) in [4.78, 5) is 7.53. The van der Waals surface area contributed by atoms with Crippen LogP contribution < -0.4 is 3.07 Å². The normalized spacial score (nSPS) is 10.6. The van der Waals surface area contributed by atoms with Crippen LogP contribution in [-0.2, 0) is 0 Å². The quantitative estimate of drug-likeness (QED) is 0.526. The Labute approximate surface area is 76.1 Å². The van der Waals surface area contributed by atoms with Gasteiger partial charge < -0.3 is 0 Å². The van der Waals surface area contributed by atoms with Gasteiger partial charge in [0, 0.05) is 0 Å². The summed E-state index contributed by atoms with van der Waals surface area (Å²) >= 11 is 0.996. The zero-order valence-corrected chi connectivity index (χ0v) is 7.76. The van der Waals surface area contributed by atoms with Crippen LogP contribution in [-0.4, -0.2) is 37.9 Å². The number of aromatic nitrogens is 2. The van der Waals surface area contributed by atoms with E-state index in [-0.39, 0.29) is 0 Å². The van der Waals surface area contributed by atoms with E-state index in [4.69, 9.17) is 0 Å². The molecular formula is C7H5N2Na. The molecule has 0 amide bonds. The van der Waals surface area contributed by atoms with Crippen molar-refractivity contribution in [3.8, 4) is 0 Å². The molecule has 10 heavy (non-hydrogen) atoms. The van der Waals surface area contributed by atoms with Crippen molar-refractivity contribution < 1.29 is 0 Å². The van der Waals surface area contributed by atoms with Gasteiger partial charge in [-0.15, -0.1) is 0 Å². The summed E-state index contributed by atoms with van der Waals surface area (Å²) in [5, 5.41) is 0. The van der Waals surface area contributed by atoms with Crippen molar-refractivity contribution in [3.05, 3.63) is 24.3 Å². The topological polar surface area (TPSA) is 28.7 Å². The van der Waals surface area contributed by atoms with Gasteiger partial charge in [0.2, 0.25) is 0 Å². The molecule has 0 radical (unpaired) electrons. The van der Waals surface area contributed by atoms with E-state index >= 15 is 0 Å². The molecule has 0 aliphatic carbocycles. The summed E-state index contributed by atoms with van der Waals surface area (Å²) in [6.45, 7) is 0. The molecular weight excluding hydrogens is 135 g/mol. The van der Waals surface area contributed by atoms with E-state index in [1.165, 1.54) is 0 Å². The molecule has 2 aromatic rings. The number of nitrogens with one attached hydrogen (secondary N) is 1. The molecule has 1 aromatic heterocycles. The molecule has 0 aliphatic heterocycles. The Bertz CT molecular complexity index is 320. The summed E-state index contributed by atoms with van der Waals surface area (Å²) in [5.74, 6) is 0. The number of hydrogen-bond acceptors (Lipinski definition) is 1. The predicted molar refractivity (Wildman–Crippen MR) is 41.5 cm³/mol. The second-order valence-electron chi connectivity index (χ2n) is 2.34. The first kappa shape index (κ1) is 6.40. The van der Waals surface area contributed by atoms with E-state index < -0.39 is 0 Å². The Balaban J connectivity index is 2.88. The zero-order chi connectivity index (χ0) is 6.97. The van der Waals surface area contributed by atoms with Crippen molar-refractivity contribution in [1.29, 1.82) is 0 Å². The van der Waals surface area contributed by atoms with Gasteiger partial charge in [-0.25, -0.2) is 0 Å². The van der Waals surface area contributed by atoms with Crippen LogP contribution in [0.15, 0.2) is 24.3 Å². The van der Waals surface area contributed by atoms with Crippen molar-refractivity contribution in [2.24, 2.45) is 0 Å². The molecule has 1 heterocycles. The van der Waals surface area contributed by atoms with Crippen LogP contribution in [0.1, 0.15) is 0 Å². The summed E-state index contributed by atoms with van der Waals surface area (Å²) < 4.78 is 1.11. The first-order valence-corrected chi connectivity index (χ1v) is 4.27. The number of benzene rings is 1. The van der Waals surface area contributed by atoms with Gasteiger partial charge in [-0.3, -0.25) is 0 Å². The van der Waals surface area contributed by atoms with Crippen molar-refractivity contribution >= 4 is 42.0 Å². The zero-order valence-electron chi connectivity index (χ0n) is 5.76. The fraction of sp³-hybridized carbons (Fsp3) is 0. The summed E-state index contributed by atoms with van der Waals surface area (Å²) in [7, 11) is 0. The van der Waals surface area contributed by atoms with Crippen LogP contribution in [0.4, 0.5) is 0 Å². The van der Waals surface area contributed by atoms with Crippen molar-refractivity contribution in [3.63, 3.8) is 0 Å². The van der Waals surface area contributed by atoms with Gasteiger partial charge in [0.05, 0.1) is 0 Å². The average molecular weight is 140 g/mol. The molecule has 0 saturated heterocycles. The second-order valence-corrected chi connectivity index (χ2v) is 3.29. The van der Waals surface area contributed by atoms with E-state index in [2.05, 4.69) is 9.97 Å². The molecule has 0 bridgehead atoms. The van der Waals surface area contributed by atoms with E-state index in [9.17, 15) is 0 Å². The number of nitrogens with zero attached hydrogens (tertiary/aromatic N) is 1. The molecule has 2 nitrogen and oxygen atoms in total. The van der Waals surface area contributed by atoms with Crippen LogP contribution in [0, 0.1) is 0 Å². The molecule has 0 unspecified atom stereocenters. The van der Waals surface area contributed by atoms with Crippen molar-refractivity contribution in [1.82, 2.24) is 9.97 Å². The Hall–Kier alpha value is -0.310. The average Bonchev–Trinajstić information content (AvgIpc) is 2.27. The monoisotopic (exact) mass is 140 g/mol. The molecule has 0 aliphatic rings. The number of H-pyrrole nitrogens is 1. The fourth-order valence-electron chi connectivity index (χ4n) is 1.08. The van der Waals surface area contributed by atoms with Gasteiger partial charge in [0.1, 0.15) is 0 Å². The first-order valence-electron chi connectivity index (χ1n) is 3.27. The standard InChI is InChI=1S/C7H5N2.Na/c1-2-4-7-6(3-1)8-5-9-7;/h1-4H,(H,8,9);. The number of imidazole rings is 1. The molecule has 1 N–H and O–H groups in total. The maximum atomic E-state index is 4.32. The Kier molecular flexibility index (Phi) is 1.52. The Morgan fingerprint density at radius 3 is 2.90 bits per heavy atom. The van der Waals surface area contributed by atoms with Crippen LogP contribution in [0.25, 0.3) is 11.0 Å². The summed E-state index contributed by atoms with van der Waals surface area (Å²) in [6.07, 6.45) is 0. The Morgan fingerprint density at radius 2 is 2.10 bits per heavy atom. The number of hydrogen-bond donors (Lipinski definition) is 1. The Morgan fingerprint density at radius 1 is 1.30 bits per heavy atom. The van der Waals surface area contributed by atoms with E-state index in [0.29, 0.717) is 0 Å². The maximum absolute atomic E-state index is 4.32. The molecule has 2 rings (SSSR count). The first-order chi connectivity index (χ1) is 4.86. The minimum atomic E-state index is 0.996. The van der Waals surface area contributed by atoms with Gasteiger partial charge in [-0.1, -0.05) is 0 Å². The third-order valence-corrected chi connectivity index (χ3v) is 1.98. The predicted octanol–water partition coefficient (Wildman–Crippen LogP) is 0.357. The summed E-state index contributed by atoms with van der Waals surface area (Å²) in [5.41, 5.74) is 2.22. The summed E-state index contributed by atoms with van der Waals surface area (Å²) in [6, 6.07) is 8.09. The van der Waals surface area contributed by atoms with Crippen molar-refractivity contribution in [2.45, 2.75) is 0 Å². The van der Waals surface area contributed by atoms with E-state index in [0.717, 1.165) is 42.0 Å². The van der Waals surface area contributed by atoms with Crippen LogP contribution >= 0.6 is 0 Å². The third-order valence-electron chi connectivity index (χ3n) is 1.51. The van der Waals surface area contributed by atoms with Crippen LogP contribution in [0.5, 0.6) is 0 Å². The molecule has 0 fully saturated rings. The van der Waals surface area contributed by atoms with Gasteiger partial charge in [0.25, 0.3) is 0 Å². The molecule has 0 spiro atoms. The molecule has 0 atom stereocenters. The van der Waals surface area contributed by atoms with Gasteiger partial charge in [-0.2, -0.15) is 0 Å².